The third-order valence-electron chi connectivity index (χ3n) is 3.19. The van der Waals surface area contributed by atoms with Gasteiger partial charge in [-0.3, -0.25) is 0 Å². The minimum absolute atomic E-state index is 0.724. The fourth-order valence-corrected chi connectivity index (χ4v) is 2.58. The predicted octanol–water partition coefficient (Wildman–Crippen LogP) is 3.99. The van der Waals surface area contributed by atoms with Crippen LogP contribution >= 0.6 is 15.9 Å². The topological polar surface area (TPSA) is 35.2 Å². The fourth-order valence-electron chi connectivity index (χ4n) is 2.20. The second-order valence-corrected chi connectivity index (χ2v) is 5.27. The quantitative estimate of drug-likeness (QED) is 0.852. The molecule has 2 N–H and O–H groups in total. The van der Waals surface area contributed by atoms with Gasteiger partial charge >= 0.3 is 0 Å². The van der Waals surface area contributed by atoms with Crippen LogP contribution in [0.3, 0.4) is 0 Å². The van der Waals surface area contributed by atoms with Crippen molar-refractivity contribution < 1.29 is 4.74 Å². The Morgan fingerprint density at radius 3 is 2.75 bits per heavy atom. The molecule has 1 aromatic rings. The molecule has 3 heteroatoms. The van der Waals surface area contributed by atoms with E-state index >= 15 is 0 Å². The van der Waals surface area contributed by atoms with Crippen molar-refractivity contribution in [1.82, 2.24) is 0 Å². The molecule has 0 amide bonds. The van der Waals surface area contributed by atoms with Gasteiger partial charge in [-0.05, 0) is 46.8 Å². The molecule has 0 aromatic heterocycles. The van der Waals surface area contributed by atoms with E-state index in [1.165, 1.54) is 32.1 Å². The van der Waals surface area contributed by atoms with E-state index in [2.05, 4.69) is 15.9 Å². The van der Waals surface area contributed by atoms with Gasteiger partial charge in [-0.1, -0.05) is 25.3 Å². The van der Waals surface area contributed by atoms with E-state index in [-0.39, 0.29) is 0 Å². The average molecular weight is 284 g/mol. The summed E-state index contributed by atoms with van der Waals surface area (Å²) in [5.74, 6) is 1.59. The zero-order valence-corrected chi connectivity index (χ0v) is 11.0. The normalized spacial score (nSPS) is 17.3. The van der Waals surface area contributed by atoms with E-state index in [0.29, 0.717) is 0 Å². The number of hydrogen-bond donors (Lipinski definition) is 1. The van der Waals surface area contributed by atoms with Gasteiger partial charge in [0.1, 0.15) is 5.75 Å². The summed E-state index contributed by atoms with van der Waals surface area (Å²) in [6, 6.07) is 5.76. The Labute approximate surface area is 105 Å². The molecule has 16 heavy (non-hydrogen) atoms. The number of anilines is 1. The first-order valence-electron chi connectivity index (χ1n) is 5.94. The van der Waals surface area contributed by atoms with Crippen LogP contribution in [0.4, 0.5) is 5.69 Å². The van der Waals surface area contributed by atoms with Crippen molar-refractivity contribution >= 4 is 21.6 Å². The maximum absolute atomic E-state index is 5.83. The number of hydrogen-bond acceptors (Lipinski definition) is 2. The van der Waals surface area contributed by atoms with Crippen molar-refractivity contribution in [1.29, 1.82) is 0 Å². The molecule has 0 aliphatic heterocycles. The summed E-state index contributed by atoms with van der Waals surface area (Å²) < 4.78 is 6.71. The third-order valence-corrected chi connectivity index (χ3v) is 4.04. The summed E-state index contributed by atoms with van der Waals surface area (Å²) in [6.45, 7) is 0.821. The summed E-state index contributed by atoms with van der Waals surface area (Å²) in [5.41, 5.74) is 6.54. The highest BCUT2D eigenvalue weighted by Crippen LogP contribution is 2.31. The summed E-state index contributed by atoms with van der Waals surface area (Å²) in [6.07, 6.45) is 6.70. The van der Waals surface area contributed by atoms with Crippen LogP contribution in [-0.2, 0) is 0 Å². The fraction of sp³-hybridized carbons (Fsp3) is 0.538. The van der Waals surface area contributed by atoms with Gasteiger partial charge in [-0.2, -0.15) is 0 Å². The molecule has 0 spiro atoms. The molecule has 1 aliphatic carbocycles. The SMILES string of the molecule is Nc1cccc(OCC2CCCCC2)c1Br. The Kier molecular flexibility index (Phi) is 4.10. The van der Waals surface area contributed by atoms with Crippen LogP contribution in [0.2, 0.25) is 0 Å². The van der Waals surface area contributed by atoms with Crippen LogP contribution in [0.25, 0.3) is 0 Å². The highest BCUT2D eigenvalue weighted by atomic mass is 79.9. The molecule has 1 fully saturated rings. The van der Waals surface area contributed by atoms with Gasteiger partial charge in [-0.25, -0.2) is 0 Å². The zero-order valence-electron chi connectivity index (χ0n) is 9.42. The molecule has 0 radical (unpaired) electrons. The van der Waals surface area contributed by atoms with E-state index in [1.54, 1.807) is 0 Å². The Morgan fingerprint density at radius 1 is 1.25 bits per heavy atom. The van der Waals surface area contributed by atoms with E-state index < -0.39 is 0 Å². The predicted molar refractivity (Wildman–Crippen MR) is 70.6 cm³/mol. The third kappa shape index (κ3) is 2.91. The summed E-state index contributed by atoms with van der Waals surface area (Å²) in [7, 11) is 0. The zero-order chi connectivity index (χ0) is 11.4. The van der Waals surface area contributed by atoms with E-state index in [0.717, 1.165) is 28.4 Å². The van der Waals surface area contributed by atoms with Gasteiger partial charge in [0.25, 0.3) is 0 Å². The first-order valence-corrected chi connectivity index (χ1v) is 6.73. The number of halogens is 1. The molecule has 0 atom stereocenters. The molecule has 0 unspecified atom stereocenters. The number of ether oxygens (including phenoxy) is 1. The maximum atomic E-state index is 5.83. The minimum atomic E-state index is 0.724. The molecule has 0 saturated heterocycles. The Bertz CT molecular complexity index is 348. The van der Waals surface area contributed by atoms with Crippen molar-refractivity contribution in [2.75, 3.05) is 12.3 Å². The van der Waals surface area contributed by atoms with Crippen molar-refractivity contribution in [3.05, 3.63) is 22.7 Å². The number of rotatable bonds is 3. The first kappa shape index (κ1) is 11.8. The highest BCUT2D eigenvalue weighted by molar-refractivity contribution is 9.10. The largest absolute Gasteiger partial charge is 0.492 e. The molecule has 88 valence electrons. The van der Waals surface area contributed by atoms with Gasteiger partial charge in [0.2, 0.25) is 0 Å². The number of nitrogens with two attached hydrogens (primary N) is 1. The molecule has 2 nitrogen and oxygen atoms in total. The summed E-state index contributed by atoms with van der Waals surface area (Å²) >= 11 is 3.46. The minimum Gasteiger partial charge on any atom is -0.492 e. The van der Waals surface area contributed by atoms with Crippen LogP contribution in [0, 0.1) is 5.92 Å². The lowest BCUT2D eigenvalue weighted by molar-refractivity contribution is 0.208. The molecule has 1 aromatic carbocycles. The van der Waals surface area contributed by atoms with Gasteiger partial charge < -0.3 is 10.5 Å². The van der Waals surface area contributed by atoms with Crippen molar-refractivity contribution in [3.63, 3.8) is 0 Å². The van der Waals surface area contributed by atoms with Crippen molar-refractivity contribution in [2.24, 2.45) is 5.92 Å². The maximum Gasteiger partial charge on any atom is 0.135 e. The Morgan fingerprint density at radius 2 is 2.00 bits per heavy atom. The second kappa shape index (κ2) is 5.58. The second-order valence-electron chi connectivity index (χ2n) is 4.47. The van der Waals surface area contributed by atoms with E-state index in [9.17, 15) is 0 Å². The number of benzene rings is 1. The molecule has 0 heterocycles. The van der Waals surface area contributed by atoms with E-state index in [4.69, 9.17) is 10.5 Å². The molecule has 1 aliphatic rings. The van der Waals surface area contributed by atoms with Gasteiger partial charge in [0, 0.05) is 5.69 Å². The lowest BCUT2D eigenvalue weighted by Crippen LogP contribution is -2.15. The lowest BCUT2D eigenvalue weighted by atomic mass is 9.90. The Hall–Kier alpha value is -0.700. The van der Waals surface area contributed by atoms with Crippen LogP contribution in [0.15, 0.2) is 22.7 Å². The summed E-state index contributed by atoms with van der Waals surface area (Å²) in [5, 5.41) is 0. The first-order chi connectivity index (χ1) is 7.77. The van der Waals surface area contributed by atoms with Gasteiger partial charge in [-0.15, -0.1) is 0 Å². The van der Waals surface area contributed by atoms with E-state index in [1.807, 2.05) is 18.2 Å². The molecule has 1 saturated carbocycles. The average Bonchev–Trinajstić information content (AvgIpc) is 2.32. The number of nitrogen functional groups attached to an aromatic ring is 1. The lowest BCUT2D eigenvalue weighted by Gasteiger charge is -2.22. The van der Waals surface area contributed by atoms with Crippen LogP contribution in [0.5, 0.6) is 5.75 Å². The van der Waals surface area contributed by atoms with Gasteiger partial charge in [0.05, 0.1) is 11.1 Å². The Balaban J connectivity index is 1.91. The van der Waals surface area contributed by atoms with Crippen LogP contribution < -0.4 is 10.5 Å². The molecule has 0 bridgehead atoms. The molecular weight excluding hydrogens is 266 g/mol. The van der Waals surface area contributed by atoms with Gasteiger partial charge in [0.15, 0.2) is 0 Å². The molecule has 2 rings (SSSR count). The smallest absolute Gasteiger partial charge is 0.135 e. The van der Waals surface area contributed by atoms with Crippen LogP contribution in [0.1, 0.15) is 32.1 Å². The highest BCUT2D eigenvalue weighted by Gasteiger charge is 2.14. The van der Waals surface area contributed by atoms with Crippen LogP contribution in [-0.4, -0.2) is 6.61 Å². The van der Waals surface area contributed by atoms with Crippen molar-refractivity contribution in [2.45, 2.75) is 32.1 Å². The van der Waals surface area contributed by atoms with Crippen molar-refractivity contribution in [3.8, 4) is 5.75 Å². The summed E-state index contributed by atoms with van der Waals surface area (Å²) in [4.78, 5) is 0. The monoisotopic (exact) mass is 283 g/mol. The molecular formula is C13H18BrNO. The standard InChI is InChI=1S/C13H18BrNO/c14-13-11(15)7-4-8-12(13)16-9-10-5-2-1-3-6-10/h4,7-8,10H,1-3,5-6,9,15H2.